The van der Waals surface area contributed by atoms with Crippen molar-refractivity contribution in [3.8, 4) is 0 Å². The number of aryl methyl sites for hydroxylation is 1. The van der Waals surface area contributed by atoms with Gasteiger partial charge in [0, 0.05) is 41.0 Å². The van der Waals surface area contributed by atoms with Crippen molar-refractivity contribution in [2.75, 3.05) is 9.80 Å². The molecule has 0 atom stereocenters. The van der Waals surface area contributed by atoms with E-state index in [9.17, 15) is 0 Å². The molecule has 220 valence electrons. The van der Waals surface area contributed by atoms with Gasteiger partial charge in [0.25, 0.3) is 0 Å². The molecule has 1 heterocycles. The Hall–Kier alpha value is -5.48. The van der Waals surface area contributed by atoms with Gasteiger partial charge in [-0.2, -0.15) is 0 Å². The van der Waals surface area contributed by atoms with Crippen LogP contribution in [0.15, 0.2) is 144 Å². The molecule has 0 N–H and O–H groups in total. The Kier molecular flexibility index (Phi) is 7.48. The lowest BCUT2D eigenvalue weighted by Crippen LogP contribution is -2.25. The monoisotopic (exact) mass is 584 g/mol. The second-order valence-corrected chi connectivity index (χ2v) is 11.7. The third kappa shape index (κ3) is 5.19. The van der Waals surface area contributed by atoms with Gasteiger partial charge in [-0.1, -0.05) is 91.4 Å². The molecule has 0 spiro atoms. The molecular weight excluding hydrogens is 548 g/mol. The molecule has 45 heavy (non-hydrogen) atoms. The minimum atomic E-state index is 0.792. The second-order valence-electron chi connectivity index (χ2n) is 11.7. The fourth-order valence-corrected chi connectivity index (χ4v) is 6.24. The molecule has 0 aliphatic heterocycles. The normalized spacial score (nSPS) is 11.8. The Labute approximate surface area is 264 Å². The molecule has 0 amide bonds. The number of hydrogen-bond donors (Lipinski definition) is 0. The lowest BCUT2D eigenvalue weighted by molar-refractivity contribution is 1.17. The summed E-state index contributed by atoms with van der Waals surface area (Å²) in [6.07, 6.45) is 4.70. The smallest absolute Gasteiger partial charge is 0.137 e. The van der Waals surface area contributed by atoms with Gasteiger partial charge in [0.1, 0.15) is 11.7 Å². The summed E-state index contributed by atoms with van der Waals surface area (Å²) in [5.41, 5.74) is 6.69. The van der Waals surface area contributed by atoms with E-state index in [1.165, 1.54) is 37.9 Å². The zero-order valence-corrected chi connectivity index (χ0v) is 26.2. The molecule has 4 nitrogen and oxygen atoms in total. The van der Waals surface area contributed by atoms with Crippen LogP contribution in [0.5, 0.6) is 0 Å². The molecule has 7 rings (SSSR count). The maximum absolute atomic E-state index is 4.98. The predicted octanol–water partition coefficient (Wildman–Crippen LogP) is 11.6. The van der Waals surface area contributed by atoms with Crippen LogP contribution in [0.3, 0.4) is 0 Å². The van der Waals surface area contributed by atoms with Crippen molar-refractivity contribution in [1.29, 1.82) is 0 Å². The first-order valence-electron chi connectivity index (χ1n) is 15.6. The van der Waals surface area contributed by atoms with Gasteiger partial charge in [-0.3, -0.25) is 9.80 Å². The highest BCUT2D eigenvalue weighted by atomic mass is 15.2. The van der Waals surface area contributed by atoms with Gasteiger partial charge in [0.2, 0.25) is 0 Å². The number of aromatic nitrogens is 1. The van der Waals surface area contributed by atoms with Crippen molar-refractivity contribution < 1.29 is 0 Å². The summed E-state index contributed by atoms with van der Waals surface area (Å²) in [7, 11) is 0. The van der Waals surface area contributed by atoms with Crippen LogP contribution in [-0.4, -0.2) is 10.8 Å². The van der Waals surface area contributed by atoms with Crippen molar-refractivity contribution in [1.82, 2.24) is 4.98 Å². The van der Waals surface area contributed by atoms with Gasteiger partial charge in [-0.25, -0.2) is 9.98 Å². The molecule has 0 aliphatic rings. The number of amidine groups is 1. The van der Waals surface area contributed by atoms with Crippen LogP contribution in [0.2, 0.25) is 0 Å². The third-order valence-electron chi connectivity index (χ3n) is 8.30. The Morgan fingerprint density at radius 2 is 1.24 bits per heavy atom. The van der Waals surface area contributed by atoms with Gasteiger partial charge in [-0.15, -0.1) is 0 Å². The highest BCUT2D eigenvalue weighted by molar-refractivity contribution is 6.29. The summed E-state index contributed by atoms with van der Waals surface area (Å²) < 4.78 is 0. The first-order chi connectivity index (χ1) is 22.0. The first kappa shape index (κ1) is 28.3. The van der Waals surface area contributed by atoms with E-state index in [0.29, 0.717) is 0 Å². The standard InChI is InChI=1S/C41H36N4/c1-5-38(42-26-28(2)3)44(32-12-8-6-9-13-32)36-23-19-30-18-22-35-37(24-20-31-17-21-34(36)40(30)41(31)35)45(33-14-10-7-11-15-33)39-25-16-29(4)27-43-39/h6-27H,5H2,1-4H3/b42-38+. The van der Waals surface area contributed by atoms with E-state index >= 15 is 0 Å². The van der Waals surface area contributed by atoms with E-state index in [0.717, 1.165) is 46.4 Å². The van der Waals surface area contributed by atoms with Crippen LogP contribution >= 0.6 is 0 Å². The van der Waals surface area contributed by atoms with Crippen LogP contribution in [0.25, 0.3) is 32.3 Å². The molecule has 0 fully saturated rings. The number of aliphatic imine (C=N–C) groups is 1. The van der Waals surface area contributed by atoms with E-state index < -0.39 is 0 Å². The molecule has 0 radical (unpaired) electrons. The van der Waals surface area contributed by atoms with E-state index in [-0.39, 0.29) is 0 Å². The fourth-order valence-electron chi connectivity index (χ4n) is 6.24. The lowest BCUT2D eigenvalue weighted by atomic mass is 9.92. The fraction of sp³-hybridized carbons (Fsp3) is 0.122. The van der Waals surface area contributed by atoms with Gasteiger partial charge in [0.15, 0.2) is 0 Å². The average Bonchev–Trinajstić information content (AvgIpc) is 3.08. The minimum Gasteiger partial charge on any atom is -0.298 e. The molecule has 0 saturated carbocycles. The van der Waals surface area contributed by atoms with E-state index in [1.54, 1.807) is 0 Å². The largest absolute Gasteiger partial charge is 0.298 e. The maximum atomic E-state index is 4.98. The molecule has 6 aromatic carbocycles. The summed E-state index contributed by atoms with van der Waals surface area (Å²) in [6.45, 7) is 8.42. The van der Waals surface area contributed by atoms with Crippen LogP contribution in [0.1, 0.15) is 32.8 Å². The van der Waals surface area contributed by atoms with Crippen LogP contribution in [0, 0.1) is 6.92 Å². The zero-order chi connectivity index (χ0) is 30.9. The molecular formula is C41H36N4. The quantitative estimate of drug-likeness (QED) is 0.106. The Morgan fingerprint density at radius 3 is 1.82 bits per heavy atom. The lowest BCUT2D eigenvalue weighted by Gasteiger charge is -2.29. The van der Waals surface area contributed by atoms with Crippen LogP contribution < -0.4 is 9.80 Å². The summed E-state index contributed by atoms with van der Waals surface area (Å²) in [4.78, 5) is 14.4. The highest BCUT2D eigenvalue weighted by Gasteiger charge is 2.22. The molecule has 0 aliphatic carbocycles. The average molecular weight is 585 g/mol. The highest BCUT2D eigenvalue weighted by Crippen LogP contribution is 2.45. The maximum Gasteiger partial charge on any atom is 0.137 e. The third-order valence-corrected chi connectivity index (χ3v) is 8.30. The molecule has 0 unspecified atom stereocenters. The van der Waals surface area contributed by atoms with Crippen molar-refractivity contribution in [3.63, 3.8) is 0 Å². The number of nitrogens with zero attached hydrogens (tertiary/aromatic N) is 4. The summed E-state index contributed by atoms with van der Waals surface area (Å²) in [6, 6.07) is 43.4. The van der Waals surface area contributed by atoms with Crippen LogP contribution in [-0.2, 0) is 0 Å². The van der Waals surface area contributed by atoms with E-state index in [2.05, 4.69) is 159 Å². The van der Waals surface area contributed by atoms with Crippen molar-refractivity contribution in [2.45, 2.75) is 34.1 Å². The second kappa shape index (κ2) is 11.9. The SMILES string of the molecule is CC/C(=N\C=C(C)C)N(c1ccccc1)c1ccc2ccc3c(N(c4ccccc4)c4ccc(C)cn4)ccc4ccc1c2c43. The first-order valence-corrected chi connectivity index (χ1v) is 15.6. The summed E-state index contributed by atoms with van der Waals surface area (Å²) in [5, 5.41) is 7.33. The van der Waals surface area contributed by atoms with Gasteiger partial charge in [0.05, 0.1) is 11.4 Å². The molecule has 0 saturated heterocycles. The number of benzene rings is 6. The number of allylic oxidation sites excluding steroid dienone is 1. The Morgan fingerprint density at radius 1 is 0.667 bits per heavy atom. The number of para-hydroxylation sites is 2. The van der Waals surface area contributed by atoms with E-state index in [1.807, 2.05) is 12.4 Å². The summed E-state index contributed by atoms with van der Waals surface area (Å²) in [5.74, 6) is 1.89. The number of pyridine rings is 1. The van der Waals surface area contributed by atoms with Crippen molar-refractivity contribution in [3.05, 3.63) is 145 Å². The molecule has 1 aromatic heterocycles. The van der Waals surface area contributed by atoms with Crippen molar-refractivity contribution in [2.24, 2.45) is 4.99 Å². The minimum absolute atomic E-state index is 0.792. The van der Waals surface area contributed by atoms with E-state index in [4.69, 9.17) is 9.98 Å². The van der Waals surface area contributed by atoms with Gasteiger partial charge < -0.3 is 0 Å². The number of hydrogen-bond acceptors (Lipinski definition) is 3. The molecule has 0 bridgehead atoms. The number of rotatable bonds is 7. The van der Waals surface area contributed by atoms with Crippen LogP contribution in [0.4, 0.5) is 28.6 Å². The number of anilines is 5. The molecule has 7 aromatic rings. The summed E-state index contributed by atoms with van der Waals surface area (Å²) >= 11 is 0. The predicted molar refractivity (Wildman–Crippen MR) is 193 cm³/mol. The van der Waals surface area contributed by atoms with Gasteiger partial charge in [-0.05, 0) is 90.3 Å². The topological polar surface area (TPSA) is 31.7 Å². The van der Waals surface area contributed by atoms with Gasteiger partial charge >= 0.3 is 0 Å². The Balaban J connectivity index is 1.51. The Bertz CT molecular complexity index is 2160. The molecule has 4 heteroatoms. The van der Waals surface area contributed by atoms with Crippen molar-refractivity contribution >= 4 is 66.7 Å². The zero-order valence-electron chi connectivity index (χ0n) is 26.2.